The first-order valence-corrected chi connectivity index (χ1v) is 13.5. The third-order valence-electron chi connectivity index (χ3n) is 7.39. The number of carbonyl (C=O) groups excluding carboxylic acids is 1. The third kappa shape index (κ3) is 5.09. The van der Waals surface area contributed by atoms with Gasteiger partial charge >= 0.3 is 0 Å². The Hall–Kier alpha value is -5.13. The number of nitrogens with zero attached hydrogens (tertiary/aromatic N) is 4. The predicted octanol–water partition coefficient (Wildman–Crippen LogP) is 5.57. The zero-order valence-corrected chi connectivity index (χ0v) is 23.2. The smallest absolute Gasteiger partial charge is 0.282 e. The molecule has 9 nitrogen and oxygen atoms in total. The second kappa shape index (κ2) is 11.3. The number of hydrogen-bond donors (Lipinski definition) is 0. The minimum Gasteiger partial charge on any atom is -0.493 e. The highest BCUT2D eigenvalue weighted by atomic mass is 19.1. The van der Waals surface area contributed by atoms with Crippen molar-refractivity contribution in [2.24, 2.45) is 0 Å². The van der Waals surface area contributed by atoms with E-state index < -0.39 is 35.2 Å². The largest absolute Gasteiger partial charge is 0.493 e. The van der Waals surface area contributed by atoms with Crippen LogP contribution in [-0.4, -0.2) is 39.3 Å². The molecule has 2 aromatic heterocycles. The van der Waals surface area contributed by atoms with Crippen molar-refractivity contribution in [3.8, 4) is 28.8 Å². The second-order valence-corrected chi connectivity index (χ2v) is 9.97. The van der Waals surface area contributed by atoms with Crippen molar-refractivity contribution in [1.82, 2.24) is 19.3 Å². The molecule has 43 heavy (non-hydrogen) atoms. The number of Topliss-reactive ketones (excluding diaryl/α,β-unsaturated/α-hetero) is 1. The van der Waals surface area contributed by atoms with Crippen molar-refractivity contribution in [2.75, 3.05) is 14.2 Å². The van der Waals surface area contributed by atoms with Crippen LogP contribution < -0.4 is 19.8 Å². The topological polar surface area (TPSA) is 97.5 Å². The van der Waals surface area contributed by atoms with Crippen molar-refractivity contribution in [3.05, 3.63) is 99.5 Å². The lowest BCUT2D eigenvalue weighted by atomic mass is 9.99. The number of methoxy groups -OCH3 is 2. The summed E-state index contributed by atoms with van der Waals surface area (Å²) >= 11 is 0. The summed E-state index contributed by atoms with van der Waals surface area (Å²) in [6.07, 6.45) is 2.69. The molecule has 0 spiro atoms. The lowest BCUT2D eigenvalue weighted by Crippen LogP contribution is -2.25. The van der Waals surface area contributed by atoms with Gasteiger partial charge in [0, 0.05) is 31.2 Å². The maximum Gasteiger partial charge on any atom is 0.282 e. The molecule has 0 radical (unpaired) electrons. The van der Waals surface area contributed by atoms with Gasteiger partial charge in [0.1, 0.15) is 40.8 Å². The van der Waals surface area contributed by atoms with Gasteiger partial charge in [-0.2, -0.15) is 0 Å². The number of rotatable bonds is 8. The maximum atomic E-state index is 15.3. The predicted molar refractivity (Wildman–Crippen MR) is 150 cm³/mol. The first-order chi connectivity index (χ1) is 20.8. The van der Waals surface area contributed by atoms with E-state index in [4.69, 9.17) is 14.2 Å². The Kier molecular flexibility index (Phi) is 7.34. The number of benzene rings is 3. The fourth-order valence-corrected chi connectivity index (χ4v) is 5.35. The van der Waals surface area contributed by atoms with Crippen molar-refractivity contribution in [3.63, 3.8) is 0 Å². The molecule has 0 atom stereocenters. The van der Waals surface area contributed by atoms with Gasteiger partial charge in [-0.15, -0.1) is 0 Å². The zero-order valence-electron chi connectivity index (χ0n) is 23.2. The number of fused-ring (bicyclic) bond motifs is 2. The van der Waals surface area contributed by atoms with Crippen molar-refractivity contribution >= 4 is 16.7 Å². The SMILES string of the molecule is COc1cc2ncnc(Oc3ccc(CC(=O)c4c5n(n(-c6cc(F)ccc6F)c4=O)CCCC5)c(F)c3)c2cc1OC. The van der Waals surface area contributed by atoms with Crippen LogP contribution in [0.4, 0.5) is 13.2 Å². The molecule has 0 aliphatic carbocycles. The summed E-state index contributed by atoms with van der Waals surface area (Å²) in [7, 11) is 2.99. The molecule has 0 N–H and O–H groups in total. The van der Waals surface area contributed by atoms with E-state index in [0.29, 0.717) is 53.9 Å². The van der Waals surface area contributed by atoms with Gasteiger partial charge in [-0.05, 0) is 49.1 Å². The molecule has 5 aromatic rings. The van der Waals surface area contributed by atoms with Gasteiger partial charge in [0.15, 0.2) is 17.3 Å². The molecule has 0 bridgehead atoms. The van der Waals surface area contributed by atoms with Gasteiger partial charge in [0.05, 0.1) is 30.8 Å². The highest BCUT2D eigenvalue weighted by molar-refractivity contribution is 5.98. The van der Waals surface area contributed by atoms with Crippen LogP contribution in [0.25, 0.3) is 16.6 Å². The highest BCUT2D eigenvalue weighted by Crippen LogP contribution is 2.36. The molecule has 0 saturated heterocycles. The minimum atomic E-state index is -0.802. The van der Waals surface area contributed by atoms with E-state index in [1.54, 1.807) is 12.1 Å². The summed E-state index contributed by atoms with van der Waals surface area (Å²) < 4.78 is 63.0. The van der Waals surface area contributed by atoms with Crippen LogP contribution in [0.3, 0.4) is 0 Å². The molecule has 0 saturated carbocycles. The number of ketones is 1. The number of ether oxygens (including phenoxy) is 3. The van der Waals surface area contributed by atoms with Crippen LogP contribution in [0.2, 0.25) is 0 Å². The van der Waals surface area contributed by atoms with Crippen molar-refractivity contribution < 1.29 is 32.2 Å². The van der Waals surface area contributed by atoms with E-state index in [0.717, 1.165) is 28.9 Å². The standard InChI is InChI=1S/C31H25F3N4O5/c1-41-27-14-20-23(15-28(27)42-2)35-16-36-30(20)43-19-8-6-17(22(34)13-19)11-26(39)29-24-5-3-4-10-37(24)38(31(29)40)25-12-18(32)7-9-21(25)33/h6-9,12-16H,3-5,10-11H2,1-2H3. The quantitative estimate of drug-likeness (QED) is 0.218. The normalized spacial score (nSPS) is 12.7. The fourth-order valence-electron chi connectivity index (χ4n) is 5.35. The number of aromatic nitrogens is 4. The van der Waals surface area contributed by atoms with E-state index in [-0.39, 0.29) is 28.4 Å². The monoisotopic (exact) mass is 590 g/mol. The maximum absolute atomic E-state index is 15.3. The van der Waals surface area contributed by atoms with Crippen LogP contribution in [0.1, 0.15) is 34.5 Å². The summed E-state index contributed by atoms with van der Waals surface area (Å²) in [6, 6.07) is 10.1. The molecule has 220 valence electrons. The second-order valence-electron chi connectivity index (χ2n) is 9.97. The summed E-state index contributed by atoms with van der Waals surface area (Å²) in [5, 5.41) is 0.504. The van der Waals surface area contributed by atoms with Gasteiger partial charge in [0.25, 0.3) is 5.56 Å². The molecular weight excluding hydrogens is 565 g/mol. The van der Waals surface area contributed by atoms with E-state index in [2.05, 4.69) is 9.97 Å². The summed E-state index contributed by atoms with van der Waals surface area (Å²) in [5.74, 6) is -1.70. The van der Waals surface area contributed by atoms with Crippen molar-refractivity contribution in [2.45, 2.75) is 32.2 Å². The third-order valence-corrected chi connectivity index (χ3v) is 7.39. The Morgan fingerprint density at radius 2 is 1.72 bits per heavy atom. The molecule has 3 aromatic carbocycles. The van der Waals surface area contributed by atoms with E-state index in [1.807, 2.05) is 0 Å². The minimum absolute atomic E-state index is 0.0370. The van der Waals surface area contributed by atoms with E-state index in [9.17, 15) is 18.4 Å². The van der Waals surface area contributed by atoms with Gasteiger partial charge in [-0.1, -0.05) is 6.07 Å². The van der Waals surface area contributed by atoms with Gasteiger partial charge in [0.2, 0.25) is 5.88 Å². The first-order valence-electron chi connectivity index (χ1n) is 13.5. The molecule has 12 heteroatoms. The fraction of sp³-hybridized carbons (Fsp3) is 0.226. The van der Waals surface area contributed by atoms with Crippen LogP contribution >= 0.6 is 0 Å². The Labute approximate surface area is 243 Å². The average Bonchev–Trinajstić information content (AvgIpc) is 3.30. The van der Waals surface area contributed by atoms with Gasteiger partial charge in [-0.25, -0.2) is 27.8 Å². The summed E-state index contributed by atoms with van der Waals surface area (Å²) in [6.45, 7) is 0.352. The number of halogens is 3. The molecule has 0 amide bonds. The molecule has 1 aliphatic rings. The van der Waals surface area contributed by atoms with Crippen LogP contribution in [-0.2, 0) is 19.4 Å². The Morgan fingerprint density at radius 1 is 0.930 bits per heavy atom. The van der Waals surface area contributed by atoms with Gasteiger partial charge in [-0.3, -0.25) is 14.3 Å². The van der Waals surface area contributed by atoms with Crippen LogP contribution in [0.15, 0.2) is 59.7 Å². The molecule has 1 aliphatic heterocycles. The molecular formula is C31H25F3N4O5. The Balaban J connectivity index is 1.30. The Bertz CT molecular complexity index is 1950. The van der Waals surface area contributed by atoms with E-state index in [1.165, 1.54) is 37.4 Å². The Morgan fingerprint density at radius 3 is 2.49 bits per heavy atom. The molecule has 3 heterocycles. The molecule has 0 fully saturated rings. The van der Waals surface area contributed by atoms with Crippen LogP contribution in [0, 0.1) is 17.5 Å². The van der Waals surface area contributed by atoms with Gasteiger partial charge < -0.3 is 14.2 Å². The van der Waals surface area contributed by atoms with E-state index >= 15 is 4.39 Å². The number of carbonyl (C=O) groups is 1. The summed E-state index contributed by atoms with van der Waals surface area (Å²) in [5.41, 5.74) is -0.226. The average molecular weight is 591 g/mol. The lowest BCUT2D eigenvalue weighted by molar-refractivity contribution is 0.0989. The zero-order chi connectivity index (χ0) is 30.2. The number of hydrogen-bond acceptors (Lipinski definition) is 7. The molecule has 0 unspecified atom stereocenters. The van der Waals surface area contributed by atoms with Crippen LogP contribution in [0.5, 0.6) is 23.1 Å². The molecule has 6 rings (SSSR count). The lowest BCUT2D eigenvalue weighted by Gasteiger charge is -2.19. The first kappa shape index (κ1) is 28.0. The highest BCUT2D eigenvalue weighted by Gasteiger charge is 2.29. The van der Waals surface area contributed by atoms with Crippen molar-refractivity contribution in [1.29, 1.82) is 0 Å². The summed E-state index contributed by atoms with van der Waals surface area (Å²) in [4.78, 5) is 35.3.